The Morgan fingerprint density at radius 2 is 1.66 bits per heavy atom. The highest BCUT2D eigenvalue weighted by Gasteiger charge is 2.24. The van der Waals surface area contributed by atoms with Gasteiger partial charge in [0.25, 0.3) is 0 Å². The lowest BCUT2D eigenvalue weighted by molar-refractivity contribution is 0.241. The number of para-hydroxylation sites is 1. The fraction of sp³-hybridized carbons (Fsp3) is 0.370. The minimum atomic E-state index is 0.436. The monoisotopic (exact) mass is 384 g/mol. The number of rotatable bonds is 7. The van der Waals surface area contributed by atoms with E-state index in [1.165, 1.54) is 47.8 Å². The van der Waals surface area contributed by atoms with Gasteiger partial charge in [-0.2, -0.15) is 0 Å². The van der Waals surface area contributed by atoms with Gasteiger partial charge < -0.3 is 4.57 Å². The first-order chi connectivity index (χ1) is 14.1. The van der Waals surface area contributed by atoms with Gasteiger partial charge in [-0.3, -0.25) is 4.98 Å². The second kappa shape index (κ2) is 8.02. The molecule has 0 radical (unpaired) electrons. The molecular weight excluding hydrogens is 352 g/mol. The van der Waals surface area contributed by atoms with Crippen LogP contribution in [-0.4, -0.2) is 9.55 Å². The summed E-state index contributed by atoms with van der Waals surface area (Å²) in [7, 11) is 0. The summed E-state index contributed by atoms with van der Waals surface area (Å²) in [5, 5.41) is 1.21. The number of hydrogen-bond acceptors (Lipinski definition) is 1. The third-order valence-corrected chi connectivity index (χ3v) is 6.65. The zero-order valence-electron chi connectivity index (χ0n) is 18.2. The molecule has 0 N–H and O–H groups in total. The van der Waals surface area contributed by atoms with E-state index in [1.54, 1.807) is 0 Å². The molecule has 4 rings (SSSR count). The van der Waals surface area contributed by atoms with Crippen molar-refractivity contribution < 1.29 is 0 Å². The van der Waals surface area contributed by atoms with Crippen LogP contribution in [-0.2, 0) is 0 Å². The molecule has 0 bridgehead atoms. The van der Waals surface area contributed by atoms with E-state index in [0.717, 1.165) is 11.0 Å². The molecular formula is C27H32N2. The Morgan fingerprint density at radius 1 is 0.931 bits per heavy atom. The predicted molar refractivity (Wildman–Crippen MR) is 125 cm³/mol. The third kappa shape index (κ3) is 3.69. The van der Waals surface area contributed by atoms with Crippen LogP contribution < -0.4 is 0 Å². The minimum Gasteiger partial charge on any atom is -0.308 e. The molecule has 2 atom stereocenters. The van der Waals surface area contributed by atoms with E-state index in [9.17, 15) is 0 Å². The molecule has 0 amide bonds. The van der Waals surface area contributed by atoms with Crippen molar-refractivity contribution in [1.82, 2.24) is 9.55 Å². The molecule has 0 aliphatic rings. The molecule has 2 heterocycles. The molecule has 0 fully saturated rings. The summed E-state index contributed by atoms with van der Waals surface area (Å²) < 4.78 is 2.33. The Balaban J connectivity index is 1.70. The Kier molecular flexibility index (Phi) is 5.45. The minimum absolute atomic E-state index is 0.436. The van der Waals surface area contributed by atoms with Crippen LogP contribution in [0.5, 0.6) is 0 Å². The number of benzene rings is 2. The fourth-order valence-corrected chi connectivity index (χ4v) is 4.90. The van der Waals surface area contributed by atoms with E-state index in [0.29, 0.717) is 11.3 Å². The lowest BCUT2D eigenvalue weighted by Crippen LogP contribution is -2.18. The molecule has 2 heteroatoms. The van der Waals surface area contributed by atoms with Crippen LogP contribution in [0.4, 0.5) is 0 Å². The van der Waals surface area contributed by atoms with Crippen molar-refractivity contribution in [2.24, 2.45) is 5.41 Å². The summed E-state index contributed by atoms with van der Waals surface area (Å²) in [5.74, 6) is 0.570. The molecule has 2 nitrogen and oxygen atoms in total. The van der Waals surface area contributed by atoms with E-state index in [2.05, 4.69) is 91.8 Å². The Morgan fingerprint density at radius 3 is 2.38 bits per heavy atom. The molecule has 4 aromatic rings. The maximum atomic E-state index is 4.65. The Bertz CT molecular complexity index is 1050. The quantitative estimate of drug-likeness (QED) is 0.317. The highest BCUT2D eigenvalue weighted by atomic mass is 15.0. The second-order valence-electron chi connectivity index (χ2n) is 8.83. The van der Waals surface area contributed by atoms with Crippen molar-refractivity contribution in [3.8, 4) is 5.69 Å². The summed E-state index contributed by atoms with van der Waals surface area (Å²) in [6, 6.07) is 21.9. The van der Waals surface area contributed by atoms with Crippen LogP contribution in [0.3, 0.4) is 0 Å². The summed E-state index contributed by atoms with van der Waals surface area (Å²) in [6.07, 6.45) is 6.94. The topological polar surface area (TPSA) is 17.8 Å². The van der Waals surface area contributed by atoms with Crippen molar-refractivity contribution in [1.29, 1.82) is 0 Å². The fourth-order valence-electron chi connectivity index (χ4n) is 4.90. The lowest BCUT2D eigenvalue weighted by atomic mass is 9.74. The van der Waals surface area contributed by atoms with Gasteiger partial charge in [0.15, 0.2) is 0 Å². The first-order valence-electron chi connectivity index (χ1n) is 11.0. The maximum Gasteiger partial charge on any atom is 0.0963 e. The summed E-state index contributed by atoms with van der Waals surface area (Å²) >= 11 is 0. The van der Waals surface area contributed by atoms with Gasteiger partial charge in [-0.25, -0.2) is 0 Å². The average molecular weight is 385 g/mol. The summed E-state index contributed by atoms with van der Waals surface area (Å²) in [4.78, 5) is 4.65. The van der Waals surface area contributed by atoms with Crippen molar-refractivity contribution in [3.05, 3.63) is 72.4 Å². The standard InChI is InChI=1S/C27H32N2/c1-5-17-27(4,6-2)19-20(3)21-13-15-22(16-14-21)29-24-11-8-7-10-23(24)26-25(29)12-9-18-28-26/h7-16,18,20H,5-6,17,19H2,1-4H3. The number of pyridine rings is 1. The molecule has 0 spiro atoms. The van der Waals surface area contributed by atoms with E-state index in [1.807, 2.05) is 12.3 Å². The van der Waals surface area contributed by atoms with Gasteiger partial charge in [0.2, 0.25) is 0 Å². The number of hydrogen-bond donors (Lipinski definition) is 0. The SMILES string of the molecule is CCCC(C)(CC)CC(C)c1ccc(-n2c3ccccc3c3ncccc32)cc1. The smallest absolute Gasteiger partial charge is 0.0963 e. The molecule has 2 aromatic heterocycles. The van der Waals surface area contributed by atoms with Crippen LogP contribution in [0, 0.1) is 5.41 Å². The van der Waals surface area contributed by atoms with Crippen LogP contribution in [0.15, 0.2) is 66.9 Å². The molecule has 2 aromatic carbocycles. The van der Waals surface area contributed by atoms with Crippen LogP contribution in [0.25, 0.3) is 27.6 Å². The molecule has 2 unspecified atom stereocenters. The first-order valence-corrected chi connectivity index (χ1v) is 11.0. The summed E-state index contributed by atoms with van der Waals surface area (Å²) in [6.45, 7) is 9.46. The van der Waals surface area contributed by atoms with E-state index in [4.69, 9.17) is 0 Å². The number of fused-ring (bicyclic) bond motifs is 3. The van der Waals surface area contributed by atoms with Crippen LogP contribution in [0.1, 0.15) is 64.9 Å². The molecule has 0 saturated heterocycles. The largest absolute Gasteiger partial charge is 0.308 e. The first kappa shape index (κ1) is 19.7. The maximum absolute atomic E-state index is 4.65. The van der Waals surface area contributed by atoms with E-state index < -0.39 is 0 Å². The van der Waals surface area contributed by atoms with E-state index in [-0.39, 0.29) is 0 Å². The molecule has 0 aliphatic carbocycles. The van der Waals surface area contributed by atoms with Gasteiger partial charge in [-0.05, 0) is 60.1 Å². The molecule has 0 aliphatic heterocycles. The predicted octanol–water partition coefficient (Wildman–Crippen LogP) is 7.89. The van der Waals surface area contributed by atoms with Crippen molar-refractivity contribution in [2.45, 2.75) is 59.3 Å². The zero-order chi connectivity index (χ0) is 20.4. The van der Waals surface area contributed by atoms with Crippen molar-refractivity contribution >= 4 is 21.9 Å². The van der Waals surface area contributed by atoms with Crippen molar-refractivity contribution in [3.63, 3.8) is 0 Å². The molecule has 150 valence electrons. The van der Waals surface area contributed by atoms with Crippen LogP contribution in [0.2, 0.25) is 0 Å². The van der Waals surface area contributed by atoms with Gasteiger partial charge in [0.1, 0.15) is 0 Å². The Labute approximate surface area is 174 Å². The number of nitrogens with zero attached hydrogens (tertiary/aromatic N) is 2. The average Bonchev–Trinajstić information content (AvgIpc) is 3.08. The van der Waals surface area contributed by atoms with Gasteiger partial charge in [-0.15, -0.1) is 0 Å². The highest BCUT2D eigenvalue weighted by Crippen LogP contribution is 2.38. The van der Waals surface area contributed by atoms with E-state index >= 15 is 0 Å². The van der Waals surface area contributed by atoms with Gasteiger partial charge in [-0.1, -0.05) is 70.9 Å². The zero-order valence-corrected chi connectivity index (χ0v) is 18.2. The molecule has 0 saturated carbocycles. The molecule has 29 heavy (non-hydrogen) atoms. The normalized spacial score (nSPS) is 14.9. The number of aromatic nitrogens is 2. The Hall–Kier alpha value is -2.61. The van der Waals surface area contributed by atoms with Gasteiger partial charge in [0, 0.05) is 17.3 Å². The van der Waals surface area contributed by atoms with Crippen LogP contribution >= 0.6 is 0 Å². The van der Waals surface area contributed by atoms with Gasteiger partial charge >= 0.3 is 0 Å². The summed E-state index contributed by atoms with van der Waals surface area (Å²) in [5.41, 5.74) is 6.51. The highest BCUT2D eigenvalue weighted by molar-refractivity contribution is 6.06. The lowest BCUT2D eigenvalue weighted by Gasteiger charge is -2.31. The van der Waals surface area contributed by atoms with Gasteiger partial charge in [0.05, 0.1) is 16.6 Å². The second-order valence-corrected chi connectivity index (χ2v) is 8.83. The third-order valence-electron chi connectivity index (χ3n) is 6.65. The van der Waals surface area contributed by atoms with Crippen molar-refractivity contribution in [2.75, 3.05) is 0 Å².